The molecule has 0 saturated carbocycles. The van der Waals surface area contributed by atoms with Gasteiger partial charge in [0.25, 0.3) is 0 Å². The molecule has 0 spiro atoms. The molecule has 0 bridgehead atoms. The lowest BCUT2D eigenvalue weighted by atomic mass is 10.2. The Balaban J connectivity index is 1.58. The van der Waals surface area contributed by atoms with E-state index in [-0.39, 0.29) is 5.91 Å². The smallest absolute Gasteiger partial charge is 0.237 e. The second-order valence-electron chi connectivity index (χ2n) is 7.23. The Hall–Kier alpha value is -3.02. The van der Waals surface area contributed by atoms with Crippen molar-refractivity contribution >= 4 is 40.9 Å². The van der Waals surface area contributed by atoms with Crippen LogP contribution in [0.25, 0.3) is 5.69 Å². The number of hydrogen-bond acceptors (Lipinski definition) is 6. The van der Waals surface area contributed by atoms with Crippen molar-refractivity contribution in [2.24, 2.45) is 0 Å². The van der Waals surface area contributed by atoms with E-state index in [2.05, 4.69) is 26.5 Å². The van der Waals surface area contributed by atoms with Crippen LogP contribution in [0, 0.1) is 11.3 Å². The van der Waals surface area contributed by atoms with Crippen LogP contribution in [0.4, 0.5) is 11.6 Å². The number of amides is 1. The van der Waals surface area contributed by atoms with E-state index in [0.717, 1.165) is 37.6 Å². The number of rotatable bonds is 6. The molecule has 1 aliphatic heterocycles. The minimum Gasteiger partial charge on any atom is -0.341 e. The van der Waals surface area contributed by atoms with Crippen molar-refractivity contribution in [3.8, 4) is 11.8 Å². The number of aromatic nitrogens is 3. The maximum atomic E-state index is 12.8. The van der Waals surface area contributed by atoms with E-state index in [0.29, 0.717) is 21.4 Å². The molecule has 2 heterocycles. The molecule has 1 aromatic heterocycles. The summed E-state index contributed by atoms with van der Waals surface area (Å²) in [6, 6.07) is 16.5. The zero-order valence-electron chi connectivity index (χ0n) is 17.0. The summed E-state index contributed by atoms with van der Waals surface area (Å²) in [5, 5.41) is 21.6. The van der Waals surface area contributed by atoms with Gasteiger partial charge < -0.3 is 10.2 Å². The van der Waals surface area contributed by atoms with Gasteiger partial charge in [-0.15, -0.1) is 10.2 Å². The first-order valence-electron chi connectivity index (χ1n) is 9.99. The second-order valence-corrected chi connectivity index (χ2v) is 8.98. The Morgan fingerprint density at radius 2 is 1.97 bits per heavy atom. The number of nitrogens with one attached hydrogen (secondary N) is 1. The summed E-state index contributed by atoms with van der Waals surface area (Å²) < 4.78 is 1.96. The molecule has 1 saturated heterocycles. The van der Waals surface area contributed by atoms with E-state index in [1.54, 1.807) is 24.3 Å². The van der Waals surface area contributed by atoms with Gasteiger partial charge in [-0.2, -0.15) is 5.26 Å². The van der Waals surface area contributed by atoms with E-state index < -0.39 is 5.25 Å². The maximum absolute atomic E-state index is 12.8. The normalized spacial score (nSPS) is 14.3. The fourth-order valence-corrected chi connectivity index (χ4v) is 4.47. The van der Waals surface area contributed by atoms with E-state index in [9.17, 15) is 4.79 Å². The second kappa shape index (κ2) is 9.41. The number of halogens is 1. The van der Waals surface area contributed by atoms with Crippen molar-refractivity contribution in [3.05, 3.63) is 59.1 Å². The number of carbonyl (C=O) groups excluding carboxylic acids is 1. The molecule has 1 N–H and O–H groups in total. The Bertz CT molecular complexity index is 1140. The van der Waals surface area contributed by atoms with Gasteiger partial charge in [0.05, 0.1) is 22.6 Å². The number of benzene rings is 2. The lowest BCUT2D eigenvalue weighted by molar-refractivity contribution is -0.115. The molecule has 31 heavy (non-hydrogen) atoms. The van der Waals surface area contributed by atoms with Gasteiger partial charge in [-0.1, -0.05) is 35.5 Å². The lowest BCUT2D eigenvalue weighted by Gasteiger charge is -2.19. The van der Waals surface area contributed by atoms with Crippen LogP contribution in [0.1, 0.15) is 25.3 Å². The van der Waals surface area contributed by atoms with Crippen molar-refractivity contribution in [1.82, 2.24) is 14.8 Å². The topological polar surface area (TPSA) is 86.8 Å². The van der Waals surface area contributed by atoms with Crippen LogP contribution in [0.5, 0.6) is 0 Å². The molecule has 1 amide bonds. The molecular weight excluding hydrogens is 432 g/mol. The van der Waals surface area contributed by atoms with Gasteiger partial charge in [-0.3, -0.25) is 9.36 Å². The Labute approximate surface area is 190 Å². The number of anilines is 2. The summed E-state index contributed by atoms with van der Waals surface area (Å²) in [6.07, 6.45) is 2.23. The SMILES string of the molecule is CC(Sc1nnc(N2CCCC2)n1-c1cccc(Cl)c1)C(=O)Nc1cccc(C#N)c1. The van der Waals surface area contributed by atoms with Crippen LogP contribution < -0.4 is 10.2 Å². The van der Waals surface area contributed by atoms with Crippen molar-refractivity contribution < 1.29 is 4.79 Å². The Morgan fingerprint density at radius 1 is 1.19 bits per heavy atom. The third kappa shape index (κ3) is 4.84. The molecule has 4 rings (SSSR count). The third-order valence-corrected chi connectivity index (χ3v) is 6.26. The van der Waals surface area contributed by atoms with Crippen LogP contribution in [0.15, 0.2) is 53.7 Å². The molecule has 3 aromatic rings. The van der Waals surface area contributed by atoms with Gasteiger partial charge in [0, 0.05) is 23.8 Å². The fourth-order valence-electron chi connectivity index (χ4n) is 3.42. The molecule has 9 heteroatoms. The van der Waals surface area contributed by atoms with Crippen LogP contribution in [-0.2, 0) is 4.79 Å². The monoisotopic (exact) mass is 452 g/mol. The highest BCUT2D eigenvalue weighted by molar-refractivity contribution is 8.00. The van der Waals surface area contributed by atoms with Crippen LogP contribution in [0.3, 0.4) is 0 Å². The molecule has 0 radical (unpaired) electrons. The average Bonchev–Trinajstić information content (AvgIpc) is 3.43. The van der Waals surface area contributed by atoms with Gasteiger partial charge in [0.2, 0.25) is 11.9 Å². The van der Waals surface area contributed by atoms with Crippen LogP contribution in [-0.4, -0.2) is 39.0 Å². The molecule has 2 aromatic carbocycles. The minimum atomic E-state index is -0.431. The first kappa shape index (κ1) is 21.2. The van der Waals surface area contributed by atoms with E-state index in [4.69, 9.17) is 16.9 Å². The molecule has 1 fully saturated rings. The van der Waals surface area contributed by atoms with Crippen molar-refractivity contribution in [2.45, 2.75) is 30.2 Å². The highest BCUT2D eigenvalue weighted by Gasteiger charge is 2.25. The van der Waals surface area contributed by atoms with Crippen LogP contribution in [0.2, 0.25) is 5.02 Å². The molecule has 7 nitrogen and oxygen atoms in total. The first-order valence-corrected chi connectivity index (χ1v) is 11.2. The van der Waals surface area contributed by atoms with E-state index >= 15 is 0 Å². The van der Waals surface area contributed by atoms with E-state index in [1.165, 1.54) is 11.8 Å². The highest BCUT2D eigenvalue weighted by atomic mass is 35.5. The molecule has 1 unspecified atom stereocenters. The number of nitriles is 1. The summed E-state index contributed by atoms with van der Waals surface area (Å²) in [5.41, 5.74) is 1.94. The third-order valence-electron chi connectivity index (χ3n) is 4.98. The van der Waals surface area contributed by atoms with Crippen molar-refractivity contribution in [2.75, 3.05) is 23.3 Å². The predicted octanol–water partition coefficient (Wildman–Crippen LogP) is 4.51. The highest BCUT2D eigenvalue weighted by Crippen LogP contribution is 2.31. The zero-order chi connectivity index (χ0) is 21.8. The van der Waals surface area contributed by atoms with Gasteiger partial charge in [0.1, 0.15) is 0 Å². The zero-order valence-corrected chi connectivity index (χ0v) is 18.5. The summed E-state index contributed by atoms with van der Waals surface area (Å²) >= 11 is 7.57. The largest absolute Gasteiger partial charge is 0.341 e. The molecule has 1 atom stereocenters. The summed E-state index contributed by atoms with van der Waals surface area (Å²) in [6.45, 7) is 3.67. The predicted molar refractivity (Wildman–Crippen MR) is 123 cm³/mol. The van der Waals surface area contributed by atoms with E-state index in [1.807, 2.05) is 35.8 Å². The summed E-state index contributed by atoms with van der Waals surface area (Å²) in [5.74, 6) is 0.583. The molecular formula is C22H21ClN6OS. The Kier molecular flexibility index (Phi) is 6.44. The number of thioether (sulfide) groups is 1. The number of nitrogens with zero attached hydrogens (tertiary/aromatic N) is 5. The Morgan fingerprint density at radius 3 is 2.71 bits per heavy atom. The first-order chi connectivity index (χ1) is 15.0. The molecule has 158 valence electrons. The van der Waals surface area contributed by atoms with Gasteiger partial charge in [-0.25, -0.2) is 0 Å². The van der Waals surface area contributed by atoms with Gasteiger partial charge in [-0.05, 0) is 56.2 Å². The standard InChI is InChI=1S/C22H21ClN6OS/c1-15(20(30)25-18-8-4-6-16(12-18)14-24)31-22-27-26-21(28-10-2-3-11-28)29(22)19-9-5-7-17(23)13-19/h4-9,12-13,15H,2-3,10-11H2,1H3,(H,25,30). The number of hydrogen-bond donors (Lipinski definition) is 1. The van der Waals surface area contributed by atoms with Gasteiger partial charge in [0.15, 0.2) is 5.16 Å². The van der Waals surface area contributed by atoms with Gasteiger partial charge >= 0.3 is 0 Å². The summed E-state index contributed by atoms with van der Waals surface area (Å²) in [4.78, 5) is 15.0. The minimum absolute atomic E-state index is 0.177. The lowest BCUT2D eigenvalue weighted by Crippen LogP contribution is -2.24. The summed E-state index contributed by atoms with van der Waals surface area (Å²) in [7, 11) is 0. The number of carbonyl (C=O) groups is 1. The molecule has 0 aliphatic carbocycles. The maximum Gasteiger partial charge on any atom is 0.237 e. The quantitative estimate of drug-likeness (QED) is 0.553. The van der Waals surface area contributed by atoms with Crippen molar-refractivity contribution in [3.63, 3.8) is 0 Å². The van der Waals surface area contributed by atoms with Crippen LogP contribution >= 0.6 is 23.4 Å². The average molecular weight is 453 g/mol. The molecule has 1 aliphatic rings. The van der Waals surface area contributed by atoms with Crippen molar-refractivity contribution in [1.29, 1.82) is 5.26 Å². The fraction of sp³-hybridized carbons (Fsp3) is 0.273.